The molecule has 0 saturated carbocycles. The van der Waals surface area contributed by atoms with Gasteiger partial charge >= 0.3 is 0 Å². The maximum Gasteiger partial charge on any atom is 0.161 e. The van der Waals surface area contributed by atoms with Gasteiger partial charge in [-0.2, -0.15) is 0 Å². The molecule has 0 fully saturated rings. The molecule has 0 spiro atoms. The van der Waals surface area contributed by atoms with E-state index in [0.717, 1.165) is 44.1 Å². The van der Waals surface area contributed by atoms with Crippen LogP contribution in [0.15, 0.2) is 18.2 Å². The maximum atomic E-state index is 5.57. The summed E-state index contributed by atoms with van der Waals surface area (Å²) in [7, 11) is 1.66. The van der Waals surface area contributed by atoms with E-state index in [9.17, 15) is 0 Å². The standard InChI is InChI=1S/C15H26N2O2.2ClH/c1-4-16-9-6-10-17-12-13-7-8-14(18-3)15(11-13)19-5-2;;/h7-8,11,16-17H,4-6,9-10,12H2,1-3H3;2*1H. The van der Waals surface area contributed by atoms with Crippen LogP contribution in [0.4, 0.5) is 0 Å². The topological polar surface area (TPSA) is 42.5 Å². The average Bonchev–Trinajstić information content (AvgIpc) is 2.43. The lowest BCUT2D eigenvalue weighted by Crippen LogP contribution is -2.21. The van der Waals surface area contributed by atoms with E-state index in [2.05, 4.69) is 23.6 Å². The highest BCUT2D eigenvalue weighted by Crippen LogP contribution is 2.27. The molecule has 0 amide bonds. The molecule has 0 atom stereocenters. The molecule has 21 heavy (non-hydrogen) atoms. The van der Waals surface area contributed by atoms with Gasteiger partial charge in [0.05, 0.1) is 13.7 Å². The fourth-order valence-corrected chi connectivity index (χ4v) is 1.85. The third-order valence-corrected chi connectivity index (χ3v) is 2.81. The molecule has 1 aromatic carbocycles. The zero-order valence-corrected chi connectivity index (χ0v) is 14.7. The highest BCUT2D eigenvalue weighted by Gasteiger charge is 2.04. The molecule has 0 bridgehead atoms. The van der Waals surface area contributed by atoms with Crippen LogP contribution in [0.2, 0.25) is 0 Å². The number of halogens is 2. The smallest absolute Gasteiger partial charge is 0.161 e. The van der Waals surface area contributed by atoms with Crippen molar-refractivity contribution in [3.63, 3.8) is 0 Å². The summed E-state index contributed by atoms with van der Waals surface area (Å²) in [5.41, 5.74) is 1.22. The van der Waals surface area contributed by atoms with Crippen LogP contribution in [0.3, 0.4) is 0 Å². The van der Waals surface area contributed by atoms with Gasteiger partial charge in [-0.1, -0.05) is 13.0 Å². The van der Waals surface area contributed by atoms with Crippen molar-refractivity contribution >= 4 is 24.8 Å². The summed E-state index contributed by atoms with van der Waals surface area (Å²) >= 11 is 0. The Kier molecular flexibility index (Phi) is 15.4. The van der Waals surface area contributed by atoms with Crippen LogP contribution in [-0.2, 0) is 6.54 Å². The number of ether oxygens (including phenoxy) is 2. The van der Waals surface area contributed by atoms with Crippen LogP contribution in [0.1, 0.15) is 25.8 Å². The summed E-state index contributed by atoms with van der Waals surface area (Å²) < 4.78 is 10.8. The lowest BCUT2D eigenvalue weighted by molar-refractivity contribution is 0.310. The monoisotopic (exact) mass is 338 g/mol. The number of hydrogen-bond donors (Lipinski definition) is 2. The molecule has 124 valence electrons. The van der Waals surface area contributed by atoms with Gasteiger partial charge in [-0.05, 0) is 50.7 Å². The van der Waals surface area contributed by atoms with Gasteiger partial charge in [-0.25, -0.2) is 0 Å². The Morgan fingerprint density at radius 1 is 1.00 bits per heavy atom. The molecule has 6 heteroatoms. The Morgan fingerprint density at radius 2 is 1.71 bits per heavy atom. The average molecular weight is 339 g/mol. The molecule has 0 aliphatic rings. The minimum absolute atomic E-state index is 0. The molecule has 4 nitrogen and oxygen atoms in total. The highest BCUT2D eigenvalue weighted by molar-refractivity contribution is 5.85. The molecule has 1 aromatic rings. The van der Waals surface area contributed by atoms with E-state index in [0.29, 0.717) is 6.61 Å². The number of nitrogens with one attached hydrogen (secondary N) is 2. The van der Waals surface area contributed by atoms with E-state index >= 15 is 0 Å². The summed E-state index contributed by atoms with van der Waals surface area (Å²) in [6.45, 7) is 8.73. The largest absolute Gasteiger partial charge is 0.493 e. The molecule has 1 rings (SSSR count). The van der Waals surface area contributed by atoms with E-state index in [-0.39, 0.29) is 24.8 Å². The molecule has 0 heterocycles. The fourth-order valence-electron chi connectivity index (χ4n) is 1.85. The molecule has 0 aliphatic heterocycles. The first-order valence-corrected chi connectivity index (χ1v) is 7.03. The van der Waals surface area contributed by atoms with E-state index < -0.39 is 0 Å². The minimum atomic E-state index is 0. The first-order valence-electron chi connectivity index (χ1n) is 7.03. The summed E-state index contributed by atoms with van der Waals surface area (Å²) in [5.74, 6) is 1.61. The second-order valence-corrected chi connectivity index (χ2v) is 4.30. The normalized spacial score (nSPS) is 9.48. The number of hydrogen-bond acceptors (Lipinski definition) is 4. The Bertz CT molecular complexity index is 366. The summed E-state index contributed by atoms with van der Waals surface area (Å²) in [6, 6.07) is 6.07. The van der Waals surface area contributed by atoms with Crippen molar-refractivity contribution < 1.29 is 9.47 Å². The van der Waals surface area contributed by atoms with Gasteiger partial charge in [0, 0.05) is 6.54 Å². The van der Waals surface area contributed by atoms with Crippen LogP contribution >= 0.6 is 24.8 Å². The van der Waals surface area contributed by atoms with Crippen LogP contribution in [0.25, 0.3) is 0 Å². The summed E-state index contributed by atoms with van der Waals surface area (Å²) in [5, 5.41) is 6.74. The van der Waals surface area contributed by atoms with Crippen molar-refractivity contribution in [2.45, 2.75) is 26.8 Å². The van der Waals surface area contributed by atoms with Gasteiger partial charge in [0.15, 0.2) is 11.5 Å². The van der Waals surface area contributed by atoms with Crippen molar-refractivity contribution in [3.05, 3.63) is 23.8 Å². The van der Waals surface area contributed by atoms with E-state index in [1.807, 2.05) is 19.1 Å². The summed E-state index contributed by atoms with van der Waals surface area (Å²) in [6.07, 6.45) is 1.14. The first-order chi connectivity index (χ1) is 9.31. The SMILES string of the molecule is CCNCCCNCc1ccc(OC)c(OCC)c1.Cl.Cl. The first kappa shape index (κ1) is 22.6. The van der Waals surface area contributed by atoms with Crippen molar-refractivity contribution in [2.75, 3.05) is 33.4 Å². The van der Waals surface area contributed by atoms with Crippen molar-refractivity contribution in [1.29, 1.82) is 0 Å². The van der Waals surface area contributed by atoms with Gasteiger partial charge in [0.25, 0.3) is 0 Å². The third-order valence-electron chi connectivity index (χ3n) is 2.81. The molecular formula is C15H28Cl2N2O2. The number of benzene rings is 1. The second-order valence-electron chi connectivity index (χ2n) is 4.30. The minimum Gasteiger partial charge on any atom is -0.493 e. The number of methoxy groups -OCH3 is 1. The van der Waals surface area contributed by atoms with Crippen LogP contribution in [-0.4, -0.2) is 33.4 Å². The lowest BCUT2D eigenvalue weighted by Gasteiger charge is -2.11. The zero-order valence-electron chi connectivity index (χ0n) is 13.1. The number of rotatable bonds is 10. The lowest BCUT2D eigenvalue weighted by atomic mass is 10.2. The zero-order chi connectivity index (χ0) is 13.9. The van der Waals surface area contributed by atoms with E-state index in [4.69, 9.17) is 9.47 Å². The molecule has 0 aliphatic carbocycles. The second kappa shape index (κ2) is 14.3. The fraction of sp³-hybridized carbons (Fsp3) is 0.600. The predicted octanol–water partition coefficient (Wildman–Crippen LogP) is 3.03. The van der Waals surface area contributed by atoms with Gasteiger partial charge < -0.3 is 20.1 Å². The third kappa shape index (κ3) is 9.04. The van der Waals surface area contributed by atoms with Crippen molar-refractivity contribution in [3.8, 4) is 11.5 Å². The van der Waals surface area contributed by atoms with Crippen LogP contribution < -0.4 is 20.1 Å². The molecule has 0 radical (unpaired) electrons. The van der Waals surface area contributed by atoms with Crippen LogP contribution in [0.5, 0.6) is 11.5 Å². The Hall–Kier alpha value is -0.680. The van der Waals surface area contributed by atoms with Gasteiger partial charge in [0.2, 0.25) is 0 Å². The van der Waals surface area contributed by atoms with Gasteiger partial charge in [-0.15, -0.1) is 24.8 Å². The molecule has 2 N–H and O–H groups in total. The molecule has 0 unspecified atom stereocenters. The summed E-state index contributed by atoms with van der Waals surface area (Å²) in [4.78, 5) is 0. The van der Waals surface area contributed by atoms with Gasteiger partial charge in [0.1, 0.15) is 0 Å². The van der Waals surface area contributed by atoms with Gasteiger partial charge in [-0.3, -0.25) is 0 Å². The van der Waals surface area contributed by atoms with Crippen LogP contribution in [0, 0.1) is 0 Å². The van der Waals surface area contributed by atoms with Crippen molar-refractivity contribution in [1.82, 2.24) is 10.6 Å². The predicted molar refractivity (Wildman–Crippen MR) is 93.5 cm³/mol. The molecule has 0 saturated heterocycles. The highest BCUT2D eigenvalue weighted by atomic mass is 35.5. The Morgan fingerprint density at radius 3 is 2.33 bits per heavy atom. The quantitative estimate of drug-likeness (QED) is 0.643. The Balaban J connectivity index is 0. The Labute approximate surface area is 140 Å². The van der Waals surface area contributed by atoms with Crippen molar-refractivity contribution in [2.24, 2.45) is 0 Å². The van der Waals surface area contributed by atoms with E-state index in [1.54, 1.807) is 7.11 Å². The molecule has 0 aromatic heterocycles. The molecular weight excluding hydrogens is 311 g/mol. The maximum absolute atomic E-state index is 5.57. The van der Waals surface area contributed by atoms with E-state index in [1.165, 1.54) is 5.56 Å².